The first-order valence-corrected chi connectivity index (χ1v) is 13.0. The average Bonchev–Trinajstić information content (AvgIpc) is 2.88. The Morgan fingerprint density at radius 3 is 2.22 bits per heavy atom. The number of rotatable bonds is 14. The van der Waals surface area contributed by atoms with E-state index in [1.54, 1.807) is 12.1 Å². The standard InChI is InChI=1S/C25H33N3O8S/c1-17(2)12-21(28-25(31)36-16-18-8-6-5-7-9-18)24(30)26-14-19(29)15-27-37(32,33)20-10-11-22(34-3)23(13-20)35-4/h5-11,13,17,21,27H,12,14-16H2,1-4H3,(H,26,30)(H,28,31)/t21-/m0/s1. The molecule has 2 aromatic carbocycles. The van der Waals surface area contributed by atoms with Gasteiger partial charge in [0, 0.05) is 6.07 Å². The molecule has 0 aromatic heterocycles. The van der Waals surface area contributed by atoms with E-state index < -0.39 is 46.9 Å². The number of carbonyl (C=O) groups is 3. The van der Waals surface area contributed by atoms with Crippen LogP contribution in [0.3, 0.4) is 0 Å². The van der Waals surface area contributed by atoms with Crippen molar-refractivity contribution in [2.24, 2.45) is 5.92 Å². The van der Waals surface area contributed by atoms with Crippen molar-refractivity contribution in [3.8, 4) is 11.5 Å². The number of carbonyl (C=O) groups excluding carboxylic acids is 3. The number of ketones is 1. The molecule has 0 bridgehead atoms. The number of ether oxygens (including phenoxy) is 3. The Bertz CT molecular complexity index is 1170. The van der Waals surface area contributed by atoms with Crippen LogP contribution in [0.1, 0.15) is 25.8 Å². The molecule has 0 radical (unpaired) electrons. The van der Waals surface area contributed by atoms with Crippen molar-refractivity contribution in [2.75, 3.05) is 27.3 Å². The van der Waals surface area contributed by atoms with Crippen LogP contribution >= 0.6 is 0 Å². The van der Waals surface area contributed by atoms with Gasteiger partial charge in [0.25, 0.3) is 0 Å². The third kappa shape index (κ3) is 9.73. The largest absolute Gasteiger partial charge is 0.493 e. The van der Waals surface area contributed by atoms with Crippen molar-refractivity contribution in [1.82, 2.24) is 15.4 Å². The normalized spacial score (nSPS) is 11.9. The number of hydrogen-bond acceptors (Lipinski definition) is 8. The number of benzene rings is 2. The molecular formula is C25H33N3O8S. The van der Waals surface area contributed by atoms with Crippen LogP contribution in [0.25, 0.3) is 0 Å². The van der Waals surface area contributed by atoms with Crippen LogP contribution in [0.2, 0.25) is 0 Å². The lowest BCUT2D eigenvalue weighted by atomic mass is 10.0. The van der Waals surface area contributed by atoms with Crippen molar-refractivity contribution in [3.63, 3.8) is 0 Å². The van der Waals surface area contributed by atoms with Gasteiger partial charge in [-0.25, -0.2) is 17.9 Å². The van der Waals surface area contributed by atoms with Gasteiger partial charge in [0.2, 0.25) is 15.9 Å². The molecule has 202 valence electrons. The van der Waals surface area contributed by atoms with Gasteiger partial charge in [0.15, 0.2) is 17.3 Å². The van der Waals surface area contributed by atoms with Crippen molar-refractivity contribution < 1.29 is 37.0 Å². The zero-order chi connectivity index (χ0) is 27.4. The molecule has 2 rings (SSSR count). The maximum absolute atomic E-state index is 12.6. The molecule has 0 fully saturated rings. The molecule has 0 saturated heterocycles. The molecule has 0 aliphatic carbocycles. The van der Waals surface area contributed by atoms with Gasteiger partial charge >= 0.3 is 6.09 Å². The second-order valence-electron chi connectivity index (χ2n) is 8.49. The zero-order valence-corrected chi connectivity index (χ0v) is 22.1. The SMILES string of the molecule is COc1ccc(S(=O)(=O)NCC(=O)CNC(=O)[C@H](CC(C)C)NC(=O)OCc2ccccc2)cc1OC. The molecular weight excluding hydrogens is 502 g/mol. The summed E-state index contributed by atoms with van der Waals surface area (Å²) in [4.78, 5) is 37.0. The minimum Gasteiger partial charge on any atom is -0.493 e. The van der Waals surface area contributed by atoms with E-state index >= 15 is 0 Å². The molecule has 3 N–H and O–H groups in total. The number of nitrogens with one attached hydrogen (secondary N) is 3. The minimum absolute atomic E-state index is 0.0430. The maximum atomic E-state index is 12.6. The van der Waals surface area contributed by atoms with E-state index in [4.69, 9.17) is 14.2 Å². The molecule has 0 saturated carbocycles. The number of Topliss-reactive ketones (excluding diaryl/α,β-unsaturated/α-hetero) is 1. The lowest BCUT2D eigenvalue weighted by Crippen LogP contribution is -2.49. The summed E-state index contributed by atoms with van der Waals surface area (Å²) in [6, 6.07) is 12.2. The third-order valence-corrected chi connectivity index (χ3v) is 6.51. The Morgan fingerprint density at radius 2 is 1.59 bits per heavy atom. The summed E-state index contributed by atoms with van der Waals surface area (Å²) < 4.78 is 42.7. The molecule has 0 heterocycles. The van der Waals surface area contributed by atoms with Gasteiger partial charge in [-0.3, -0.25) is 9.59 Å². The Kier molecular flexibility index (Phi) is 11.3. The van der Waals surface area contributed by atoms with Crippen molar-refractivity contribution in [2.45, 2.75) is 37.8 Å². The van der Waals surface area contributed by atoms with Gasteiger partial charge in [0.1, 0.15) is 12.6 Å². The molecule has 0 unspecified atom stereocenters. The first-order valence-electron chi connectivity index (χ1n) is 11.5. The molecule has 0 spiro atoms. The molecule has 0 aliphatic rings. The highest BCUT2D eigenvalue weighted by atomic mass is 32.2. The molecule has 37 heavy (non-hydrogen) atoms. The lowest BCUT2D eigenvalue weighted by molar-refractivity contribution is -0.126. The molecule has 12 heteroatoms. The molecule has 11 nitrogen and oxygen atoms in total. The van der Waals surface area contributed by atoms with Crippen molar-refractivity contribution in [3.05, 3.63) is 54.1 Å². The van der Waals surface area contributed by atoms with E-state index in [9.17, 15) is 22.8 Å². The van der Waals surface area contributed by atoms with Gasteiger partial charge in [0.05, 0.1) is 32.2 Å². The summed E-state index contributed by atoms with van der Waals surface area (Å²) >= 11 is 0. The molecule has 1 atom stereocenters. The number of methoxy groups -OCH3 is 2. The fraction of sp³-hybridized carbons (Fsp3) is 0.400. The van der Waals surface area contributed by atoms with Gasteiger partial charge < -0.3 is 24.8 Å². The van der Waals surface area contributed by atoms with E-state index in [2.05, 4.69) is 15.4 Å². The predicted molar refractivity (Wildman–Crippen MR) is 136 cm³/mol. The monoisotopic (exact) mass is 535 g/mol. The van der Waals surface area contributed by atoms with Crippen LogP contribution in [0, 0.1) is 5.92 Å². The molecule has 0 aliphatic heterocycles. The summed E-state index contributed by atoms with van der Waals surface area (Å²) in [5.41, 5.74) is 0.795. The Morgan fingerprint density at radius 1 is 0.919 bits per heavy atom. The number of amides is 2. The Hall–Kier alpha value is -3.64. The van der Waals surface area contributed by atoms with Gasteiger partial charge in [-0.05, 0) is 30.0 Å². The smallest absolute Gasteiger partial charge is 0.408 e. The zero-order valence-electron chi connectivity index (χ0n) is 21.3. The number of alkyl carbamates (subject to hydrolysis) is 1. The third-order valence-electron chi connectivity index (χ3n) is 5.11. The van der Waals surface area contributed by atoms with E-state index in [0.717, 1.165) is 5.56 Å². The fourth-order valence-corrected chi connectivity index (χ4v) is 4.25. The summed E-state index contributed by atoms with van der Waals surface area (Å²) in [7, 11) is -1.23. The lowest BCUT2D eigenvalue weighted by Gasteiger charge is -2.20. The summed E-state index contributed by atoms with van der Waals surface area (Å²) in [5.74, 6) is -0.522. The van der Waals surface area contributed by atoms with Crippen LogP contribution in [0.15, 0.2) is 53.4 Å². The topological polar surface area (TPSA) is 149 Å². The average molecular weight is 536 g/mol. The van der Waals surface area contributed by atoms with E-state index in [0.29, 0.717) is 12.2 Å². The highest BCUT2D eigenvalue weighted by Crippen LogP contribution is 2.29. The number of sulfonamides is 1. The summed E-state index contributed by atoms with van der Waals surface area (Å²) in [5, 5.41) is 4.97. The highest BCUT2D eigenvalue weighted by molar-refractivity contribution is 7.89. The Balaban J connectivity index is 1.88. The fourth-order valence-electron chi connectivity index (χ4n) is 3.22. The van der Waals surface area contributed by atoms with Crippen LogP contribution < -0.4 is 24.8 Å². The Labute approximate surface area is 216 Å². The van der Waals surface area contributed by atoms with Crippen molar-refractivity contribution in [1.29, 1.82) is 0 Å². The van der Waals surface area contributed by atoms with Crippen LogP contribution in [-0.2, 0) is 31.0 Å². The number of hydrogen-bond donors (Lipinski definition) is 3. The van der Waals surface area contributed by atoms with E-state index in [-0.39, 0.29) is 23.2 Å². The maximum Gasteiger partial charge on any atom is 0.408 e. The quantitative estimate of drug-likeness (QED) is 0.333. The first kappa shape index (κ1) is 29.6. The second kappa shape index (κ2) is 14.2. The van der Waals surface area contributed by atoms with Crippen molar-refractivity contribution >= 4 is 27.8 Å². The van der Waals surface area contributed by atoms with Gasteiger partial charge in [-0.1, -0.05) is 44.2 Å². The molecule has 2 amide bonds. The summed E-state index contributed by atoms with van der Waals surface area (Å²) in [6.07, 6.45) is -0.453. The minimum atomic E-state index is -4.02. The van der Waals surface area contributed by atoms with Crippen LogP contribution in [0.5, 0.6) is 11.5 Å². The molecule has 2 aromatic rings. The van der Waals surface area contributed by atoms with E-state index in [1.807, 2.05) is 32.0 Å². The highest BCUT2D eigenvalue weighted by Gasteiger charge is 2.24. The van der Waals surface area contributed by atoms with Gasteiger partial charge in [-0.15, -0.1) is 0 Å². The predicted octanol–water partition coefficient (Wildman–Crippen LogP) is 2.01. The van der Waals surface area contributed by atoms with E-state index in [1.165, 1.54) is 32.4 Å². The van der Waals surface area contributed by atoms with Crippen LogP contribution in [-0.4, -0.2) is 59.6 Å². The van der Waals surface area contributed by atoms with Gasteiger partial charge in [-0.2, -0.15) is 0 Å². The second-order valence-corrected chi connectivity index (χ2v) is 10.3. The van der Waals surface area contributed by atoms with Crippen LogP contribution in [0.4, 0.5) is 4.79 Å². The summed E-state index contributed by atoms with van der Waals surface area (Å²) in [6.45, 7) is 2.83. The first-order chi connectivity index (χ1) is 17.6.